The highest BCUT2D eigenvalue weighted by molar-refractivity contribution is 6.04. The Morgan fingerprint density at radius 3 is 2.21 bits per heavy atom. The monoisotopic (exact) mass is 374 g/mol. The summed E-state index contributed by atoms with van der Waals surface area (Å²) in [5, 5.41) is 3.20. The minimum Gasteiger partial charge on any atom is -0.324 e. The third-order valence-electron chi connectivity index (χ3n) is 4.53. The van der Waals surface area contributed by atoms with Crippen molar-refractivity contribution in [2.75, 3.05) is 17.3 Å². The number of hydrogen-bond acceptors (Lipinski definition) is 4. The Kier molecular flexibility index (Phi) is 5.45. The number of aromatic nitrogens is 2. The van der Waals surface area contributed by atoms with Crippen LogP contribution in [-0.2, 0) is 5.41 Å². The van der Waals surface area contributed by atoms with Crippen molar-refractivity contribution in [2.45, 2.75) is 33.1 Å². The Morgan fingerprint density at radius 1 is 0.964 bits per heavy atom. The van der Waals surface area contributed by atoms with Gasteiger partial charge >= 0.3 is 0 Å². The van der Waals surface area contributed by atoms with Crippen molar-refractivity contribution in [2.24, 2.45) is 0 Å². The van der Waals surface area contributed by atoms with Crippen LogP contribution in [0.25, 0.3) is 0 Å². The maximum atomic E-state index is 12.9. The van der Waals surface area contributed by atoms with Crippen molar-refractivity contribution in [1.29, 1.82) is 0 Å². The molecule has 0 aliphatic rings. The lowest BCUT2D eigenvalue weighted by atomic mass is 9.87. The number of anilines is 3. The van der Waals surface area contributed by atoms with E-state index in [0.717, 1.165) is 17.1 Å². The summed E-state index contributed by atoms with van der Waals surface area (Å²) in [6.45, 7) is 8.40. The van der Waals surface area contributed by atoms with Gasteiger partial charge in [0.05, 0.1) is 0 Å². The summed E-state index contributed by atoms with van der Waals surface area (Å²) >= 11 is 0. The quantitative estimate of drug-likeness (QED) is 0.690. The molecule has 0 unspecified atom stereocenters. The maximum Gasteiger partial charge on any atom is 0.276 e. The molecule has 0 saturated carbocycles. The second-order valence-electron chi connectivity index (χ2n) is 7.87. The number of carbonyl (C=O) groups excluding carboxylic acids is 1. The lowest BCUT2D eigenvalue weighted by Crippen LogP contribution is -2.27. The van der Waals surface area contributed by atoms with Crippen LogP contribution < -0.4 is 10.2 Å². The number of carbonyl (C=O) groups is 1. The number of amides is 1. The molecule has 0 radical (unpaired) electrons. The first kappa shape index (κ1) is 19.5. The van der Waals surface area contributed by atoms with Crippen LogP contribution in [0.2, 0.25) is 0 Å². The van der Waals surface area contributed by atoms with Gasteiger partial charge in [0.25, 0.3) is 5.91 Å². The van der Waals surface area contributed by atoms with Crippen molar-refractivity contribution in [3.8, 4) is 0 Å². The second-order valence-corrected chi connectivity index (χ2v) is 7.87. The topological polar surface area (TPSA) is 58.1 Å². The highest BCUT2D eigenvalue weighted by Gasteiger charge is 2.17. The standard InChI is InChI=1S/C23H26N4O/c1-16-15-20(21(28)27(5)19-9-7-6-8-10-19)26-22(24-16)25-18-13-11-17(12-14-18)23(2,3)4/h6-15H,1-5H3,(H,24,25,26). The van der Waals surface area contributed by atoms with E-state index >= 15 is 0 Å². The van der Waals surface area contributed by atoms with Gasteiger partial charge in [-0.1, -0.05) is 51.1 Å². The van der Waals surface area contributed by atoms with E-state index in [0.29, 0.717) is 11.6 Å². The zero-order chi connectivity index (χ0) is 20.3. The third kappa shape index (κ3) is 4.55. The molecule has 0 atom stereocenters. The molecule has 28 heavy (non-hydrogen) atoms. The van der Waals surface area contributed by atoms with Crippen LogP contribution in [0.3, 0.4) is 0 Å². The fourth-order valence-electron chi connectivity index (χ4n) is 2.86. The molecule has 144 valence electrons. The van der Waals surface area contributed by atoms with Gasteiger partial charge < -0.3 is 10.2 Å². The lowest BCUT2D eigenvalue weighted by molar-refractivity contribution is 0.0988. The molecule has 5 heteroatoms. The van der Waals surface area contributed by atoms with E-state index in [1.54, 1.807) is 18.0 Å². The summed E-state index contributed by atoms with van der Waals surface area (Å²) in [7, 11) is 1.74. The van der Waals surface area contributed by atoms with Gasteiger partial charge in [-0.05, 0) is 48.2 Å². The summed E-state index contributed by atoms with van der Waals surface area (Å²) in [6.07, 6.45) is 0. The summed E-state index contributed by atoms with van der Waals surface area (Å²) in [5.74, 6) is 0.233. The molecule has 0 fully saturated rings. The van der Waals surface area contributed by atoms with Gasteiger partial charge in [-0.25, -0.2) is 9.97 Å². The Hall–Kier alpha value is -3.21. The molecule has 1 aromatic heterocycles. The van der Waals surface area contributed by atoms with E-state index in [9.17, 15) is 4.79 Å². The fourth-order valence-corrected chi connectivity index (χ4v) is 2.86. The van der Waals surface area contributed by atoms with Gasteiger partial charge in [-0.3, -0.25) is 4.79 Å². The fraction of sp³-hybridized carbons (Fsp3) is 0.261. The van der Waals surface area contributed by atoms with Crippen LogP contribution in [0.15, 0.2) is 60.7 Å². The van der Waals surface area contributed by atoms with E-state index in [4.69, 9.17) is 0 Å². The third-order valence-corrected chi connectivity index (χ3v) is 4.53. The number of nitrogens with one attached hydrogen (secondary N) is 1. The summed E-state index contributed by atoms with van der Waals surface area (Å²) in [4.78, 5) is 23.3. The molecule has 0 spiro atoms. The van der Waals surface area contributed by atoms with Crippen LogP contribution in [0, 0.1) is 6.92 Å². The van der Waals surface area contributed by atoms with Crippen LogP contribution >= 0.6 is 0 Å². The Labute approximate surface area is 166 Å². The van der Waals surface area contributed by atoms with Gasteiger partial charge in [-0.2, -0.15) is 0 Å². The van der Waals surface area contributed by atoms with Gasteiger partial charge in [-0.15, -0.1) is 0 Å². The van der Waals surface area contributed by atoms with E-state index in [-0.39, 0.29) is 11.3 Å². The first-order valence-electron chi connectivity index (χ1n) is 9.30. The van der Waals surface area contributed by atoms with E-state index in [1.165, 1.54) is 5.56 Å². The van der Waals surface area contributed by atoms with Crippen LogP contribution in [-0.4, -0.2) is 22.9 Å². The van der Waals surface area contributed by atoms with E-state index in [1.807, 2.05) is 49.4 Å². The minimum atomic E-state index is -0.178. The molecule has 3 aromatic rings. The highest BCUT2D eigenvalue weighted by atomic mass is 16.2. The smallest absolute Gasteiger partial charge is 0.276 e. The first-order chi connectivity index (χ1) is 13.2. The number of para-hydroxylation sites is 1. The average Bonchev–Trinajstić information content (AvgIpc) is 2.67. The molecule has 0 saturated heterocycles. The maximum absolute atomic E-state index is 12.9. The molecular formula is C23H26N4O. The van der Waals surface area contributed by atoms with Crippen molar-refractivity contribution in [3.05, 3.63) is 77.6 Å². The first-order valence-corrected chi connectivity index (χ1v) is 9.30. The number of nitrogens with zero attached hydrogens (tertiary/aromatic N) is 3. The molecule has 1 heterocycles. The van der Waals surface area contributed by atoms with Crippen molar-refractivity contribution in [3.63, 3.8) is 0 Å². The molecule has 0 aliphatic heterocycles. The zero-order valence-corrected chi connectivity index (χ0v) is 17.0. The second kappa shape index (κ2) is 7.80. The van der Waals surface area contributed by atoms with E-state index in [2.05, 4.69) is 48.2 Å². The summed E-state index contributed by atoms with van der Waals surface area (Å²) < 4.78 is 0. The van der Waals surface area contributed by atoms with Crippen molar-refractivity contribution >= 4 is 23.2 Å². The molecule has 1 N–H and O–H groups in total. The van der Waals surface area contributed by atoms with Crippen LogP contribution in [0.1, 0.15) is 42.5 Å². The van der Waals surface area contributed by atoms with Gasteiger partial charge in [0.1, 0.15) is 5.69 Å². The largest absolute Gasteiger partial charge is 0.324 e. The number of aryl methyl sites for hydroxylation is 1. The SMILES string of the molecule is Cc1cc(C(=O)N(C)c2ccccc2)nc(Nc2ccc(C(C)(C)C)cc2)n1. The van der Waals surface area contributed by atoms with Crippen LogP contribution in [0.4, 0.5) is 17.3 Å². The molecule has 0 aliphatic carbocycles. The molecular weight excluding hydrogens is 348 g/mol. The minimum absolute atomic E-state index is 0.0972. The highest BCUT2D eigenvalue weighted by Crippen LogP contribution is 2.24. The predicted octanol–water partition coefficient (Wildman–Crippen LogP) is 5.10. The Morgan fingerprint density at radius 2 is 1.61 bits per heavy atom. The number of rotatable bonds is 4. The Balaban J connectivity index is 1.82. The molecule has 1 amide bonds. The van der Waals surface area contributed by atoms with E-state index < -0.39 is 0 Å². The van der Waals surface area contributed by atoms with Crippen molar-refractivity contribution < 1.29 is 4.79 Å². The number of hydrogen-bond donors (Lipinski definition) is 1. The van der Waals surface area contributed by atoms with Gasteiger partial charge in [0.15, 0.2) is 0 Å². The number of benzene rings is 2. The van der Waals surface area contributed by atoms with Crippen molar-refractivity contribution in [1.82, 2.24) is 9.97 Å². The van der Waals surface area contributed by atoms with Gasteiger partial charge in [0.2, 0.25) is 5.95 Å². The van der Waals surface area contributed by atoms with Gasteiger partial charge in [0, 0.05) is 24.1 Å². The molecule has 3 rings (SSSR count). The van der Waals surface area contributed by atoms with Crippen LogP contribution in [0.5, 0.6) is 0 Å². The molecule has 2 aromatic carbocycles. The zero-order valence-electron chi connectivity index (χ0n) is 17.0. The average molecular weight is 374 g/mol. The summed E-state index contributed by atoms with van der Waals surface area (Å²) in [6, 6.07) is 19.4. The predicted molar refractivity (Wildman–Crippen MR) is 114 cm³/mol. The summed E-state index contributed by atoms with van der Waals surface area (Å²) in [5.41, 5.74) is 4.13. The molecule has 0 bridgehead atoms. The normalized spacial score (nSPS) is 11.2. The lowest BCUT2D eigenvalue weighted by Gasteiger charge is -2.19. The molecule has 5 nitrogen and oxygen atoms in total. The Bertz CT molecular complexity index is 960.